The topological polar surface area (TPSA) is 55.9 Å². The van der Waals surface area contributed by atoms with Crippen molar-refractivity contribution in [3.05, 3.63) is 18.0 Å². The third kappa shape index (κ3) is 4.13. The van der Waals surface area contributed by atoms with Crippen LogP contribution in [0.5, 0.6) is 0 Å². The Morgan fingerprint density at radius 1 is 1.35 bits per heavy atom. The number of rotatable bonds is 8. The predicted octanol–water partition coefficient (Wildman–Crippen LogP) is 1.93. The molecule has 0 bridgehead atoms. The van der Waals surface area contributed by atoms with Crippen molar-refractivity contribution in [1.82, 2.24) is 15.1 Å². The average molecular weight is 238 g/mol. The SMILES string of the molecule is CCC(CC)CNC(CN)c1cnn(CC)c1. The molecule has 1 aromatic heterocycles. The van der Waals surface area contributed by atoms with Crippen LogP contribution in [-0.4, -0.2) is 22.9 Å². The van der Waals surface area contributed by atoms with Gasteiger partial charge in [-0.1, -0.05) is 26.7 Å². The fourth-order valence-corrected chi connectivity index (χ4v) is 1.96. The zero-order valence-electron chi connectivity index (χ0n) is 11.3. The van der Waals surface area contributed by atoms with E-state index in [-0.39, 0.29) is 6.04 Å². The van der Waals surface area contributed by atoms with Crippen LogP contribution in [0.3, 0.4) is 0 Å². The van der Waals surface area contributed by atoms with E-state index in [0.717, 1.165) is 19.0 Å². The summed E-state index contributed by atoms with van der Waals surface area (Å²) in [7, 11) is 0. The Kier molecular flexibility index (Phi) is 6.22. The smallest absolute Gasteiger partial charge is 0.0538 e. The van der Waals surface area contributed by atoms with Gasteiger partial charge in [-0.15, -0.1) is 0 Å². The lowest BCUT2D eigenvalue weighted by Gasteiger charge is -2.19. The fraction of sp³-hybridized carbons (Fsp3) is 0.769. The van der Waals surface area contributed by atoms with Gasteiger partial charge in [-0.3, -0.25) is 4.68 Å². The van der Waals surface area contributed by atoms with E-state index in [0.29, 0.717) is 6.54 Å². The quantitative estimate of drug-likeness (QED) is 0.727. The van der Waals surface area contributed by atoms with Crippen molar-refractivity contribution >= 4 is 0 Å². The highest BCUT2D eigenvalue weighted by Gasteiger charge is 2.13. The molecular weight excluding hydrogens is 212 g/mol. The lowest BCUT2D eigenvalue weighted by Crippen LogP contribution is -2.31. The number of aryl methyl sites for hydroxylation is 1. The Morgan fingerprint density at radius 2 is 2.06 bits per heavy atom. The minimum absolute atomic E-state index is 0.232. The van der Waals surface area contributed by atoms with Gasteiger partial charge in [0.05, 0.1) is 6.20 Å². The molecule has 4 nitrogen and oxygen atoms in total. The summed E-state index contributed by atoms with van der Waals surface area (Å²) in [5.74, 6) is 0.741. The zero-order chi connectivity index (χ0) is 12.7. The number of nitrogens with zero attached hydrogens (tertiary/aromatic N) is 2. The molecule has 1 unspecified atom stereocenters. The third-order valence-corrected chi connectivity index (χ3v) is 3.42. The van der Waals surface area contributed by atoms with Crippen molar-refractivity contribution in [2.45, 2.75) is 46.2 Å². The van der Waals surface area contributed by atoms with Crippen LogP contribution in [0.15, 0.2) is 12.4 Å². The predicted molar refractivity (Wildman–Crippen MR) is 71.8 cm³/mol. The number of aromatic nitrogens is 2. The van der Waals surface area contributed by atoms with E-state index in [4.69, 9.17) is 5.73 Å². The second kappa shape index (κ2) is 7.45. The summed E-state index contributed by atoms with van der Waals surface area (Å²) in [6.07, 6.45) is 6.43. The van der Waals surface area contributed by atoms with E-state index < -0.39 is 0 Å². The van der Waals surface area contributed by atoms with Gasteiger partial charge < -0.3 is 11.1 Å². The molecule has 0 saturated heterocycles. The summed E-state index contributed by atoms with van der Waals surface area (Å²) >= 11 is 0. The number of nitrogens with one attached hydrogen (secondary N) is 1. The van der Waals surface area contributed by atoms with Gasteiger partial charge in [0.1, 0.15) is 0 Å². The average Bonchev–Trinajstić information content (AvgIpc) is 2.83. The Morgan fingerprint density at radius 3 is 2.53 bits per heavy atom. The first-order valence-electron chi connectivity index (χ1n) is 6.70. The molecule has 0 amide bonds. The van der Waals surface area contributed by atoms with Gasteiger partial charge >= 0.3 is 0 Å². The van der Waals surface area contributed by atoms with Gasteiger partial charge in [-0.25, -0.2) is 0 Å². The van der Waals surface area contributed by atoms with Crippen molar-refractivity contribution in [3.8, 4) is 0 Å². The molecule has 4 heteroatoms. The molecule has 0 aliphatic carbocycles. The molecule has 1 rings (SSSR count). The van der Waals surface area contributed by atoms with Crippen molar-refractivity contribution in [2.75, 3.05) is 13.1 Å². The molecule has 0 fully saturated rings. The van der Waals surface area contributed by atoms with E-state index in [1.165, 1.54) is 18.4 Å². The van der Waals surface area contributed by atoms with Crippen LogP contribution in [-0.2, 0) is 6.54 Å². The van der Waals surface area contributed by atoms with Gasteiger partial charge in [0, 0.05) is 30.9 Å². The van der Waals surface area contributed by atoms with Gasteiger partial charge in [-0.05, 0) is 19.4 Å². The lowest BCUT2D eigenvalue weighted by atomic mass is 10.0. The molecule has 3 N–H and O–H groups in total. The highest BCUT2D eigenvalue weighted by molar-refractivity contribution is 5.10. The molecule has 0 saturated carbocycles. The van der Waals surface area contributed by atoms with Gasteiger partial charge in [0.25, 0.3) is 0 Å². The van der Waals surface area contributed by atoms with E-state index in [9.17, 15) is 0 Å². The van der Waals surface area contributed by atoms with E-state index in [2.05, 4.69) is 37.4 Å². The highest BCUT2D eigenvalue weighted by atomic mass is 15.3. The molecule has 1 aromatic rings. The standard InChI is InChI=1S/C13H26N4/c1-4-11(5-2)8-15-13(7-14)12-9-16-17(6-3)10-12/h9-11,13,15H,4-8,14H2,1-3H3. The second-order valence-corrected chi connectivity index (χ2v) is 4.51. The maximum Gasteiger partial charge on any atom is 0.0538 e. The Bertz CT molecular complexity index is 304. The summed E-state index contributed by atoms with van der Waals surface area (Å²) in [6.45, 7) is 9.13. The van der Waals surface area contributed by atoms with Crippen LogP contribution >= 0.6 is 0 Å². The maximum atomic E-state index is 5.83. The molecule has 0 aromatic carbocycles. The molecule has 17 heavy (non-hydrogen) atoms. The molecule has 98 valence electrons. The molecule has 0 aliphatic rings. The monoisotopic (exact) mass is 238 g/mol. The van der Waals surface area contributed by atoms with Gasteiger partial charge in [-0.2, -0.15) is 5.10 Å². The Balaban J connectivity index is 2.53. The van der Waals surface area contributed by atoms with Crippen molar-refractivity contribution in [3.63, 3.8) is 0 Å². The summed E-state index contributed by atoms with van der Waals surface area (Å²) in [5, 5.41) is 7.84. The van der Waals surface area contributed by atoms with Gasteiger partial charge in [0.15, 0.2) is 0 Å². The van der Waals surface area contributed by atoms with Gasteiger partial charge in [0.2, 0.25) is 0 Å². The van der Waals surface area contributed by atoms with Crippen molar-refractivity contribution in [1.29, 1.82) is 0 Å². The van der Waals surface area contributed by atoms with Crippen LogP contribution < -0.4 is 11.1 Å². The van der Waals surface area contributed by atoms with Crippen LogP contribution in [0.1, 0.15) is 45.2 Å². The zero-order valence-corrected chi connectivity index (χ0v) is 11.3. The lowest BCUT2D eigenvalue weighted by molar-refractivity contribution is 0.414. The second-order valence-electron chi connectivity index (χ2n) is 4.51. The first-order chi connectivity index (χ1) is 8.24. The minimum Gasteiger partial charge on any atom is -0.329 e. The summed E-state index contributed by atoms with van der Waals surface area (Å²) in [6, 6.07) is 0.232. The van der Waals surface area contributed by atoms with Crippen LogP contribution in [0.2, 0.25) is 0 Å². The number of hydrogen-bond donors (Lipinski definition) is 2. The molecule has 1 heterocycles. The number of hydrogen-bond acceptors (Lipinski definition) is 3. The summed E-state index contributed by atoms with van der Waals surface area (Å²) < 4.78 is 1.94. The molecule has 0 spiro atoms. The van der Waals surface area contributed by atoms with E-state index in [1.807, 2.05) is 10.9 Å². The first-order valence-corrected chi connectivity index (χ1v) is 6.70. The van der Waals surface area contributed by atoms with E-state index in [1.54, 1.807) is 0 Å². The summed E-state index contributed by atoms with van der Waals surface area (Å²) in [4.78, 5) is 0. The summed E-state index contributed by atoms with van der Waals surface area (Å²) in [5.41, 5.74) is 7.02. The first kappa shape index (κ1) is 14.2. The van der Waals surface area contributed by atoms with Crippen LogP contribution in [0, 0.1) is 5.92 Å². The fourth-order valence-electron chi connectivity index (χ4n) is 1.96. The minimum atomic E-state index is 0.232. The third-order valence-electron chi connectivity index (χ3n) is 3.42. The van der Waals surface area contributed by atoms with Crippen molar-refractivity contribution < 1.29 is 0 Å². The van der Waals surface area contributed by atoms with Crippen LogP contribution in [0.25, 0.3) is 0 Å². The Hall–Kier alpha value is -0.870. The Labute approximate surface area is 105 Å². The van der Waals surface area contributed by atoms with Crippen molar-refractivity contribution in [2.24, 2.45) is 11.7 Å². The molecule has 0 aliphatic heterocycles. The maximum absolute atomic E-state index is 5.83. The highest BCUT2D eigenvalue weighted by Crippen LogP contribution is 2.13. The number of nitrogens with two attached hydrogens (primary N) is 1. The largest absolute Gasteiger partial charge is 0.329 e. The van der Waals surface area contributed by atoms with E-state index >= 15 is 0 Å². The molecular formula is C13H26N4. The normalized spacial score (nSPS) is 13.2. The molecule has 0 radical (unpaired) electrons. The van der Waals surface area contributed by atoms with Crippen LogP contribution in [0.4, 0.5) is 0 Å². The molecule has 1 atom stereocenters.